The van der Waals surface area contributed by atoms with E-state index in [1.165, 1.54) is 30.6 Å². The summed E-state index contributed by atoms with van der Waals surface area (Å²) < 4.78 is 50.3. The van der Waals surface area contributed by atoms with Gasteiger partial charge in [0.05, 0.1) is 11.4 Å². The van der Waals surface area contributed by atoms with Gasteiger partial charge in [0.1, 0.15) is 41.0 Å². The monoisotopic (exact) mass is 616 g/mol. The van der Waals surface area contributed by atoms with Crippen LogP contribution in [0, 0.1) is 28.8 Å². The van der Waals surface area contributed by atoms with E-state index in [9.17, 15) is 18.8 Å². The highest BCUT2D eigenvalue weighted by Crippen LogP contribution is 2.37. The van der Waals surface area contributed by atoms with Crippen LogP contribution in [-0.2, 0) is 4.79 Å². The molecule has 1 aliphatic heterocycles. The topological polar surface area (TPSA) is 135 Å². The Kier molecular flexibility index (Phi) is 7.92. The number of nitriles is 1. The third-order valence-corrected chi connectivity index (χ3v) is 7.90. The predicted molar refractivity (Wildman–Crippen MR) is 160 cm³/mol. The summed E-state index contributed by atoms with van der Waals surface area (Å²) in [6.07, 6.45) is 6.42. The van der Waals surface area contributed by atoms with Gasteiger partial charge >= 0.3 is 0 Å². The molecule has 13 heteroatoms. The molecular formula is C32H31F3N8O2. The number of piperidine rings is 1. The summed E-state index contributed by atoms with van der Waals surface area (Å²) in [5, 5.41) is 18.4. The second-order valence-electron chi connectivity index (χ2n) is 11.9. The number of anilines is 1. The largest absolute Gasteiger partial charge is 0.454 e. The smallest absolute Gasteiger partial charge is 0.264 e. The van der Waals surface area contributed by atoms with Gasteiger partial charge in [-0.3, -0.25) is 4.79 Å². The molecule has 3 heterocycles. The summed E-state index contributed by atoms with van der Waals surface area (Å²) in [4.78, 5) is 23.6. The number of nitrogen functional groups attached to an aromatic ring is 1. The van der Waals surface area contributed by atoms with Crippen LogP contribution in [0.4, 0.5) is 19.0 Å². The van der Waals surface area contributed by atoms with Crippen molar-refractivity contribution in [3.63, 3.8) is 0 Å². The number of fused-ring (bicyclic) bond motifs is 1. The van der Waals surface area contributed by atoms with E-state index in [2.05, 4.69) is 21.4 Å². The van der Waals surface area contributed by atoms with Crippen molar-refractivity contribution in [2.45, 2.75) is 57.2 Å². The Morgan fingerprint density at radius 1 is 1.16 bits per heavy atom. The summed E-state index contributed by atoms with van der Waals surface area (Å²) in [6, 6.07) is 9.45. The summed E-state index contributed by atoms with van der Waals surface area (Å²) >= 11 is 0. The van der Waals surface area contributed by atoms with E-state index in [4.69, 9.17) is 15.6 Å². The summed E-state index contributed by atoms with van der Waals surface area (Å²) in [7, 11) is 0. The maximum atomic E-state index is 15.6. The van der Waals surface area contributed by atoms with E-state index in [0.29, 0.717) is 36.5 Å². The van der Waals surface area contributed by atoms with Gasteiger partial charge in [-0.25, -0.2) is 23.4 Å². The van der Waals surface area contributed by atoms with Gasteiger partial charge in [0.15, 0.2) is 17.2 Å². The van der Waals surface area contributed by atoms with Crippen molar-refractivity contribution >= 4 is 22.8 Å². The number of halogens is 3. The van der Waals surface area contributed by atoms with Crippen LogP contribution < -0.4 is 15.8 Å². The molecule has 6 rings (SSSR count). The van der Waals surface area contributed by atoms with Crippen LogP contribution in [0.15, 0.2) is 54.4 Å². The maximum Gasteiger partial charge on any atom is 0.264 e. The number of likely N-dealkylation sites (tertiary alicyclic amines) is 1. The number of benzene rings is 2. The third-order valence-electron chi connectivity index (χ3n) is 7.90. The highest BCUT2D eigenvalue weighted by atomic mass is 19.2. The zero-order valence-electron chi connectivity index (χ0n) is 24.7. The molecule has 1 saturated carbocycles. The molecular weight excluding hydrogens is 585 g/mol. The molecule has 4 aromatic rings. The molecule has 2 aromatic heterocycles. The van der Waals surface area contributed by atoms with Gasteiger partial charge in [-0.05, 0) is 69.9 Å². The molecule has 45 heavy (non-hydrogen) atoms. The van der Waals surface area contributed by atoms with E-state index >= 15 is 4.39 Å². The SMILES string of the molecule is CC(C)(C=C(C#N)C(=O)N1CCC[C@@H](n2nc(-c3ccc(Oc4cccc(F)c4F)cc3F)c3c(N)ncnc32)C1)NC1CC1. The van der Waals surface area contributed by atoms with E-state index in [0.717, 1.165) is 25.0 Å². The minimum Gasteiger partial charge on any atom is -0.454 e. The van der Waals surface area contributed by atoms with E-state index < -0.39 is 23.0 Å². The lowest BCUT2D eigenvalue weighted by Gasteiger charge is -2.33. The molecule has 1 saturated heterocycles. The van der Waals surface area contributed by atoms with E-state index in [-0.39, 0.29) is 52.6 Å². The summed E-state index contributed by atoms with van der Waals surface area (Å²) in [5.41, 5.74) is 6.39. The number of carbonyl (C=O) groups is 1. The molecule has 2 fully saturated rings. The number of ether oxygens (including phenoxy) is 1. The number of hydrogen-bond acceptors (Lipinski definition) is 8. The van der Waals surface area contributed by atoms with Gasteiger partial charge in [-0.15, -0.1) is 0 Å². The number of nitrogens with one attached hydrogen (secondary N) is 1. The Balaban J connectivity index is 1.29. The van der Waals surface area contributed by atoms with Gasteiger partial charge in [0, 0.05) is 36.3 Å². The summed E-state index contributed by atoms with van der Waals surface area (Å²) in [5.74, 6) is -3.73. The van der Waals surface area contributed by atoms with Gasteiger partial charge in [0.25, 0.3) is 5.91 Å². The van der Waals surface area contributed by atoms with Crippen molar-refractivity contribution in [3.05, 3.63) is 71.8 Å². The molecule has 0 spiro atoms. The van der Waals surface area contributed by atoms with Crippen molar-refractivity contribution in [1.82, 2.24) is 30.0 Å². The zero-order chi connectivity index (χ0) is 31.9. The third kappa shape index (κ3) is 6.19. The normalized spacial score (nSPS) is 17.4. The summed E-state index contributed by atoms with van der Waals surface area (Å²) in [6.45, 7) is 4.60. The molecule has 0 unspecified atom stereocenters. The molecule has 2 aromatic carbocycles. The first-order valence-corrected chi connectivity index (χ1v) is 14.6. The van der Waals surface area contributed by atoms with Crippen molar-refractivity contribution in [1.29, 1.82) is 5.26 Å². The molecule has 2 aliphatic rings. The lowest BCUT2D eigenvalue weighted by atomic mass is 9.99. The number of amides is 1. The fraction of sp³-hybridized carbons (Fsp3) is 0.344. The van der Waals surface area contributed by atoms with Crippen LogP contribution in [0.5, 0.6) is 11.5 Å². The molecule has 1 aliphatic carbocycles. The number of nitrogens with two attached hydrogens (primary N) is 1. The molecule has 232 valence electrons. The quantitative estimate of drug-likeness (QED) is 0.198. The van der Waals surface area contributed by atoms with Gasteiger partial charge < -0.3 is 20.7 Å². The van der Waals surface area contributed by atoms with Crippen LogP contribution in [0.2, 0.25) is 0 Å². The number of aromatic nitrogens is 4. The fourth-order valence-electron chi connectivity index (χ4n) is 5.69. The van der Waals surface area contributed by atoms with Gasteiger partial charge in [-0.2, -0.15) is 14.8 Å². The standard InChI is InChI=1S/C32H31F3N8O2/c1-32(2,40-19-8-9-19)14-18(15-36)31(44)42-12-4-5-20(16-42)43-30-26(29(37)38-17-39-30)28(41-43)22-11-10-21(13-24(22)34)45-25-7-3-6-23(33)27(25)35/h3,6-7,10-11,13-14,17,19-20,40H,4-5,8-9,12,16H2,1-2H3,(H2,37,38,39)/t20-/m1/s1. The second-order valence-corrected chi connectivity index (χ2v) is 11.9. The minimum absolute atomic E-state index is 0.0491. The highest BCUT2D eigenvalue weighted by Gasteiger charge is 2.33. The lowest BCUT2D eigenvalue weighted by molar-refractivity contribution is -0.128. The number of rotatable bonds is 8. The first-order valence-electron chi connectivity index (χ1n) is 14.6. The molecule has 0 radical (unpaired) electrons. The Morgan fingerprint density at radius 3 is 2.69 bits per heavy atom. The van der Waals surface area contributed by atoms with Crippen LogP contribution in [0.3, 0.4) is 0 Å². The van der Waals surface area contributed by atoms with Gasteiger partial charge in [0.2, 0.25) is 5.82 Å². The average Bonchev–Trinajstić information content (AvgIpc) is 3.73. The van der Waals surface area contributed by atoms with Crippen LogP contribution in [-0.4, -0.2) is 55.2 Å². The molecule has 1 amide bonds. The van der Waals surface area contributed by atoms with Crippen LogP contribution in [0.1, 0.15) is 45.6 Å². The second kappa shape index (κ2) is 11.9. The van der Waals surface area contributed by atoms with Crippen LogP contribution >= 0.6 is 0 Å². The zero-order valence-corrected chi connectivity index (χ0v) is 24.7. The maximum absolute atomic E-state index is 15.6. The first-order chi connectivity index (χ1) is 21.5. The number of hydrogen-bond donors (Lipinski definition) is 2. The Hall–Kier alpha value is -4.96. The first kappa shape index (κ1) is 30.1. The molecule has 0 bridgehead atoms. The van der Waals surface area contributed by atoms with Crippen molar-refractivity contribution in [2.24, 2.45) is 0 Å². The van der Waals surface area contributed by atoms with Crippen molar-refractivity contribution < 1.29 is 22.7 Å². The molecule has 1 atom stereocenters. The Labute approximate surface area is 257 Å². The lowest BCUT2D eigenvalue weighted by Crippen LogP contribution is -2.43. The molecule has 10 nitrogen and oxygen atoms in total. The Bertz CT molecular complexity index is 1860. The molecule has 3 N–H and O–H groups in total. The van der Waals surface area contributed by atoms with Crippen molar-refractivity contribution in [2.75, 3.05) is 18.8 Å². The van der Waals surface area contributed by atoms with Gasteiger partial charge in [-0.1, -0.05) is 6.07 Å². The van der Waals surface area contributed by atoms with E-state index in [1.54, 1.807) is 15.7 Å². The average molecular weight is 617 g/mol. The van der Waals surface area contributed by atoms with Crippen LogP contribution in [0.25, 0.3) is 22.3 Å². The van der Waals surface area contributed by atoms with Crippen molar-refractivity contribution in [3.8, 4) is 28.8 Å². The Morgan fingerprint density at radius 2 is 1.96 bits per heavy atom. The minimum atomic E-state index is -1.19. The fourth-order valence-corrected chi connectivity index (χ4v) is 5.69. The van der Waals surface area contributed by atoms with E-state index in [1.807, 2.05) is 13.8 Å². The highest BCUT2D eigenvalue weighted by molar-refractivity contribution is 5.99. The number of carbonyl (C=O) groups excluding carboxylic acids is 1. The predicted octanol–water partition coefficient (Wildman–Crippen LogP) is 5.43. The number of nitrogens with zero attached hydrogens (tertiary/aromatic N) is 6.